The molecule has 1 atom stereocenters. The number of hydrogen-bond donors (Lipinski definition) is 4. The number of imidazole rings is 1. The van der Waals surface area contributed by atoms with Crippen LogP contribution in [-0.4, -0.2) is 53.2 Å². The van der Waals surface area contributed by atoms with Gasteiger partial charge in [0, 0.05) is 36.6 Å². The van der Waals surface area contributed by atoms with Gasteiger partial charge >= 0.3 is 0 Å². The lowest BCUT2D eigenvalue weighted by Gasteiger charge is -2.14. The van der Waals surface area contributed by atoms with Gasteiger partial charge in [0.05, 0.1) is 11.0 Å². The van der Waals surface area contributed by atoms with E-state index >= 15 is 0 Å². The number of amides is 2. The second-order valence-corrected chi connectivity index (χ2v) is 10.1. The highest BCUT2D eigenvalue weighted by Crippen LogP contribution is 2.30. The standard InChI is InChI=1S/C30H32N8O3/c1-4-7-26-32-25-16-22(30(40)31-19(3)15-27(39)35-41)14-18(2)28(25)38(26)17-20-10-12-21(13-11-20)23-8-5-6-9-24(23)29-33-36-37-34-29/h5-6,8-14,16,19,41H,4,7,15,17H2,1-3H3,(H,31,40)(H,35,39)(H,33,34,36,37)/t19-/m1/s1. The molecule has 2 heterocycles. The largest absolute Gasteiger partial charge is 0.349 e. The highest BCUT2D eigenvalue weighted by Gasteiger charge is 2.19. The molecule has 11 heteroatoms. The third-order valence-corrected chi connectivity index (χ3v) is 6.96. The third-order valence-electron chi connectivity index (χ3n) is 6.96. The van der Waals surface area contributed by atoms with Gasteiger partial charge in [0.25, 0.3) is 5.91 Å². The Bertz CT molecular complexity index is 1680. The number of aromatic nitrogens is 6. The number of benzene rings is 3. The molecular formula is C30H32N8O3. The smallest absolute Gasteiger partial charge is 0.251 e. The van der Waals surface area contributed by atoms with E-state index in [0.717, 1.165) is 57.5 Å². The zero-order chi connectivity index (χ0) is 28.9. The van der Waals surface area contributed by atoms with Crippen molar-refractivity contribution in [2.45, 2.75) is 52.6 Å². The molecule has 5 rings (SSSR count). The second-order valence-electron chi connectivity index (χ2n) is 10.1. The van der Waals surface area contributed by atoms with Crippen LogP contribution in [0.1, 0.15) is 54.0 Å². The van der Waals surface area contributed by atoms with Crippen molar-refractivity contribution in [1.82, 2.24) is 41.0 Å². The molecule has 0 radical (unpaired) electrons. The zero-order valence-corrected chi connectivity index (χ0v) is 23.2. The van der Waals surface area contributed by atoms with Crippen molar-refractivity contribution >= 4 is 22.8 Å². The Balaban J connectivity index is 1.42. The fourth-order valence-electron chi connectivity index (χ4n) is 5.10. The number of H-pyrrole nitrogens is 1. The molecule has 41 heavy (non-hydrogen) atoms. The summed E-state index contributed by atoms with van der Waals surface area (Å²) in [7, 11) is 0. The summed E-state index contributed by atoms with van der Waals surface area (Å²) >= 11 is 0. The summed E-state index contributed by atoms with van der Waals surface area (Å²) in [5.74, 6) is 0.656. The molecular weight excluding hydrogens is 520 g/mol. The third kappa shape index (κ3) is 5.99. The van der Waals surface area contributed by atoms with Crippen molar-refractivity contribution in [2.24, 2.45) is 0 Å². The SMILES string of the molecule is CCCc1nc2cc(C(=O)N[C@H](C)CC(=O)NO)cc(C)c2n1Cc1ccc(-c2ccccc2-c2nn[nH]n2)cc1. The average Bonchev–Trinajstić information content (AvgIpc) is 3.62. The van der Waals surface area contributed by atoms with Gasteiger partial charge < -0.3 is 9.88 Å². The first-order valence-electron chi connectivity index (χ1n) is 13.5. The summed E-state index contributed by atoms with van der Waals surface area (Å²) < 4.78 is 2.23. The Hall–Kier alpha value is -4.90. The quantitative estimate of drug-likeness (QED) is 0.150. The number of hydrogen-bond acceptors (Lipinski definition) is 7. The molecule has 210 valence electrons. The van der Waals surface area contributed by atoms with Gasteiger partial charge in [0.15, 0.2) is 0 Å². The van der Waals surface area contributed by atoms with E-state index in [-0.39, 0.29) is 12.3 Å². The molecule has 2 amide bonds. The van der Waals surface area contributed by atoms with Crippen LogP contribution < -0.4 is 10.8 Å². The van der Waals surface area contributed by atoms with E-state index in [4.69, 9.17) is 10.2 Å². The van der Waals surface area contributed by atoms with Crippen molar-refractivity contribution in [3.05, 3.63) is 83.2 Å². The summed E-state index contributed by atoms with van der Waals surface area (Å²) in [5.41, 5.74) is 8.85. The number of carbonyl (C=O) groups excluding carboxylic acids is 2. The minimum Gasteiger partial charge on any atom is -0.349 e. The number of tetrazole rings is 1. The minimum absolute atomic E-state index is 0.0276. The second kappa shape index (κ2) is 12.1. The number of fused-ring (bicyclic) bond motifs is 1. The van der Waals surface area contributed by atoms with E-state index in [1.54, 1.807) is 18.5 Å². The zero-order valence-electron chi connectivity index (χ0n) is 23.2. The minimum atomic E-state index is -0.559. The molecule has 3 aromatic carbocycles. The number of nitrogens with one attached hydrogen (secondary N) is 3. The number of aromatic amines is 1. The Kier molecular flexibility index (Phi) is 8.16. The summed E-state index contributed by atoms with van der Waals surface area (Å²) in [6.45, 7) is 6.45. The first-order chi connectivity index (χ1) is 19.9. The van der Waals surface area contributed by atoms with Gasteiger partial charge in [0.1, 0.15) is 5.82 Å². The molecule has 0 unspecified atom stereocenters. The topological polar surface area (TPSA) is 151 Å². The Morgan fingerprint density at radius 3 is 2.51 bits per heavy atom. The molecule has 0 spiro atoms. The maximum Gasteiger partial charge on any atom is 0.251 e. The summed E-state index contributed by atoms with van der Waals surface area (Å²) in [4.78, 5) is 29.3. The lowest BCUT2D eigenvalue weighted by atomic mass is 9.98. The highest BCUT2D eigenvalue weighted by atomic mass is 16.5. The molecule has 11 nitrogen and oxygen atoms in total. The number of hydroxylamine groups is 1. The van der Waals surface area contributed by atoms with Crippen LogP contribution in [0.25, 0.3) is 33.5 Å². The average molecular weight is 553 g/mol. The van der Waals surface area contributed by atoms with Crippen LogP contribution in [0.3, 0.4) is 0 Å². The van der Waals surface area contributed by atoms with E-state index in [2.05, 4.69) is 61.7 Å². The van der Waals surface area contributed by atoms with Crippen molar-refractivity contribution in [3.63, 3.8) is 0 Å². The summed E-state index contributed by atoms with van der Waals surface area (Å²) in [6.07, 6.45) is 1.71. The Labute approximate surface area is 237 Å². The van der Waals surface area contributed by atoms with E-state index in [0.29, 0.717) is 17.9 Å². The number of rotatable bonds is 10. The molecule has 2 aromatic heterocycles. The molecule has 0 fully saturated rings. The maximum absolute atomic E-state index is 12.9. The van der Waals surface area contributed by atoms with Crippen molar-refractivity contribution < 1.29 is 14.8 Å². The molecule has 0 aliphatic rings. The molecule has 5 aromatic rings. The fourth-order valence-corrected chi connectivity index (χ4v) is 5.10. The van der Waals surface area contributed by atoms with Crippen LogP contribution in [0.15, 0.2) is 60.7 Å². The van der Waals surface area contributed by atoms with Gasteiger partial charge in [0.2, 0.25) is 11.7 Å². The monoisotopic (exact) mass is 552 g/mol. The van der Waals surface area contributed by atoms with E-state index in [9.17, 15) is 9.59 Å². The Morgan fingerprint density at radius 1 is 1.07 bits per heavy atom. The van der Waals surface area contributed by atoms with E-state index < -0.39 is 11.9 Å². The van der Waals surface area contributed by atoms with Crippen LogP contribution in [-0.2, 0) is 17.8 Å². The van der Waals surface area contributed by atoms with Crippen LogP contribution in [0.5, 0.6) is 0 Å². The fraction of sp³-hybridized carbons (Fsp3) is 0.267. The van der Waals surface area contributed by atoms with Crippen LogP contribution in [0.2, 0.25) is 0 Å². The van der Waals surface area contributed by atoms with Crippen molar-refractivity contribution in [1.29, 1.82) is 0 Å². The van der Waals surface area contributed by atoms with Crippen LogP contribution >= 0.6 is 0 Å². The number of carbonyl (C=O) groups is 2. The first kappa shape index (κ1) is 27.7. The van der Waals surface area contributed by atoms with Crippen molar-refractivity contribution in [3.8, 4) is 22.5 Å². The van der Waals surface area contributed by atoms with Gasteiger partial charge in [-0.2, -0.15) is 5.21 Å². The molecule has 0 saturated carbocycles. The Morgan fingerprint density at radius 2 is 1.83 bits per heavy atom. The molecule has 0 aliphatic carbocycles. The van der Waals surface area contributed by atoms with Gasteiger partial charge in [-0.15, -0.1) is 10.2 Å². The van der Waals surface area contributed by atoms with E-state index in [1.807, 2.05) is 37.3 Å². The van der Waals surface area contributed by atoms with Gasteiger partial charge in [-0.05, 0) is 59.9 Å². The predicted octanol–water partition coefficient (Wildman–Crippen LogP) is 4.21. The summed E-state index contributed by atoms with van der Waals surface area (Å²) in [5, 5.41) is 26.1. The predicted molar refractivity (Wildman–Crippen MR) is 154 cm³/mol. The van der Waals surface area contributed by atoms with Crippen molar-refractivity contribution in [2.75, 3.05) is 0 Å². The van der Waals surface area contributed by atoms with Gasteiger partial charge in [-0.25, -0.2) is 10.5 Å². The first-order valence-corrected chi connectivity index (χ1v) is 13.5. The van der Waals surface area contributed by atoms with Gasteiger partial charge in [-0.3, -0.25) is 14.8 Å². The highest BCUT2D eigenvalue weighted by molar-refractivity contribution is 5.98. The molecule has 4 N–H and O–H groups in total. The lowest BCUT2D eigenvalue weighted by Crippen LogP contribution is -2.36. The molecule has 0 bridgehead atoms. The number of aryl methyl sites for hydroxylation is 2. The molecule has 0 saturated heterocycles. The van der Waals surface area contributed by atoms with Gasteiger partial charge in [-0.1, -0.05) is 55.5 Å². The lowest BCUT2D eigenvalue weighted by molar-refractivity contribution is -0.129. The molecule has 0 aliphatic heterocycles. The summed E-state index contributed by atoms with van der Waals surface area (Å²) in [6, 6.07) is 19.6. The normalized spacial score (nSPS) is 11.9. The van der Waals surface area contributed by atoms with E-state index in [1.165, 1.54) is 0 Å². The maximum atomic E-state index is 12.9. The van der Waals surface area contributed by atoms with Crippen LogP contribution in [0, 0.1) is 6.92 Å². The number of nitrogens with zero attached hydrogens (tertiary/aromatic N) is 5. The van der Waals surface area contributed by atoms with Crippen LogP contribution in [0.4, 0.5) is 0 Å².